The molecule has 0 aliphatic rings. The van der Waals surface area contributed by atoms with Crippen LogP contribution in [-0.2, 0) is 0 Å². The van der Waals surface area contributed by atoms with E-state index in [0.717, 1.165) is 11.3 Å². The summed E-state index contributed by atoms with van der Waals surface area (Å²) in [4.78, 5) is 2.02. The Morgan fingerprint density at radius 1 is 0.852 bits per heavy atom. The molecule has 0 heterocycles. The van der Waals surface area contributed by atoms with Crippen LogP contribution in [0.1, 0.15) is 11.1 Å². The molecule has 0 amide bonds. The highest BCUT2D eigenvalue weighted by atomic mass is 15.1. The number of nitrogens with zero attached hydrogens (tertiary/aromatic N) is 4. The first kappa shape index (κ1) is 19.3. The van der Waals surface area contributed by atoms with Gasteiger partial charge in [-0.1, -0.05) is 54.6 Å². The monoisotopic (exact) mass is 350 g/mol. The first-order valence-electron chi connectivity index (χ1n) is 8.26. The van der Waals surface area contributed by atoms with Gasteiger partial charge in [0.15, 0.2) is 0 Å². The topological polar surface area (TPSA) is 74.6 Å². The third-order valence-corrected chi connectivity index (χ3v) is 3.89. The third-order valence-electron chi connectivity index (χ3n) is 3.89. The number of hydrogen-bond donors (Lipinski definition) is 0. The molecule has 0 fully saturated rings. The molecular formula is C23H18N4. The number of allylic oxidation sites excluding steroid dienone is 5. The summed E-state index contributed by atoms with van der Waals surface area (Å²) in [5.41, 5.74) is 3.27. The molecule has 0 saturated heterocycles. The zero-order chi connectivity index (χ0) is 19.6. The molecule has 4 heteroatoms. The Labute approximate surface area is 159 Å². The molecule has 0 aromatic heterocycles. The van der Waals surface area contributed by atoms with E-state index in [9.17, 15) is 15.8 Å². The lowest BCUT2D eigenvalue weighted by Crippen LogP contribution is -2.07. The predicted molar refractivity (Wildman–Crippen MR) is 108 cm³/mol. The van der Waals surface area contributed by atoms with Gasteiger partial charge in [0.05, 0.1) is 11.6 Å². The largest absolute Gasteiger partial charge is 0.378 e. The van der Waals surface area contributed by atoms with Crippen LogP contribution < -0.4 is 4.90 Å². The van der Waals surface area contributed by atoms with Crippen molar-refractivity contribution in [2.24, 2.45) is 0 Å². The second-order valence-corrected chi connectivity index (χ2v) is 5.88. The van der Waals surface area contributed by atoms with Gasteiger partial charge in [0.25, 0.3) is 0 Å². The summed E-state index contributed by atoms with van der Waals surface area (Å²) in [5, 5.41) is 28.2. The molecule has 4 nitrogen and oxygen atoms in total. The lowest BCUT2D eigenvalue weighted by molar-refractivity contribution is 1.13. The SMILES string of the molecule is CN(C)c1ccc(/C=C/C=C(\C#N)C(=C(C#N)C#N)c2ccccc2)cc1. The maximum atomic E-state index is 9.58. The quantitative estimate of drug-likeness (QED) is 0.578. The van der Waals surface area contributed by atoms with Crippen molar-refractivity contribution in [3.8, 4) is 18.2 Å². The number of hydrogen-bond acceptors (Lipinski definition) is 4. The Hall–Kier alpha value is -4.07. The molecule has 0 aliphatic carbocycles. The molecule has 0 N–H and O–H groups in total. The van der Waals surface area contributed by atoms with Gasteiger partial charge in [-0.15, -0.1) is 0 Å². The molecule has 0 aliphatic heterocycles. The summed E-state index contributed by atoms with van der Waals surface area (Å²) < 4.78 is 0. The molecule has 130 valence electrons. The average Bonchev–Trinajstić information content (AvgIpc) is 2.71. The standard InChI is InChI=1S/C23H18N4/c1-27(2)22-13-11-18(12-14-22)7-6-10-20(15-24)23(21(16-25)17-26)19-8-4-3-5-9-19/h3-14H,1-2H3/b7-6+,20-10+. The van der Waals surface area contributed by atoms with Crippen molar-refractivity contribution in [2.75, 3.05) is 19.0 Å². The van der Waals surface area contributed by atoms with Gasteiger partial charge < -0.3 is 4.90 Å². The summed E-state index contributed by atoms with van der Waals surface area (Å²) in [6.45, 7) is 0. The van der Waals surface area contributed by atoms with E-state index < -0.39 is 0 Å². The van der Waals surface area contributed by atoms with Crippen molar-refractivity contribution >= 4 is 17.3 Å². The van der Waals surface area contributed by atoms with Crippen molar-refractivity contribution in [3.05, 3.63) is 89.0 Å². The Bertz CT molecular complexity index is 987. The van der Waals surface area contributed by atoms with Gasteiger partial charge in [0, 0.05) is 25.4 Å². The molecule has 2 aromatic rings. The van der Waals surface area contributed by atoms with Crippen LogP contribution in [0.25, 0.3) is 11.6 Å². The van der Waals surface area contributed by atoms with E-state index in [2.05, 4.69) is 6.07 Å². The molecule has 2 aromatic carbocycles. The zero-order valence-electron chi connectivity index (χ0n) is 15.2. The third kappa shape index (κ3) is 4.95. The normalized spacial score (nSPS) is 10.6. The van der Waals surface area contributed by atoms with Crippen molar-refractivity contribution in [1.82, 2.24) is 0 Å². The van der Waals surface area contributed by atoms with Crippen molar-refractivity contribution in [1.29, 1.82) is 15.8 Å². The minimum Gasteiger partial charge on any atom is -0.378 e. The van der Waals surface area contributed by atoms with E-state index in [0.29, 0.717) is 11.1 Å². The van der Waals surface area contributed by atoms with Crippen LogP contribution in [0, 0.1) is 34.0 Å². The van der Waals surface area contributed by atoms with Crippen LogP contribution in [0.4, 0.5) is 5.69 Å². The van der Waals surface area contributed by atoms with Gasteiger partial charge in [-0.05, 0) is 29.3 Å². The lowest BCUT2D eigenvalue weighted by atomic mass is 9.94. The number of nitriles is 3. The van der Waals surface area contributed by atoms with Gasteiger partial charge in [0.2, 0.25) is 0 Å². The van der Waals surface area contributed by atoms with Crippen LogP contribution in [0.3, 0.4) is 0 Å². The maximum Gasteiger partial charge on any atom is 0.138 e. The highest BCUT2D eigenvalue weighted by molar-refractivity contribution is 5.89. The van der Waals surface area contributed by atoms with E-state index in [4.69, 9.17) is 0 Å². The molecule has 0 spiro atoms. The minimum absolute atomic E-state index is 0.0854. The Morgan fingerprint density at radius 3 is 2.00 bits per heavy atom. The highest BCUT2D eigenvalue weighted by Crippen LogP contribution is 2.26. The van der Waals surface area contributed by atoms with E-state index in [1.54, 1.807) is 36.4 Å². The fraction of sp³-hybridized carbons (Fsp3) is 0.0870. The fourth-order valence-electron chi connectivity index (χ4n) is 2.49. The molecule has 0 bridgehead atoms. The molecule has 0 unspecified atom stereocenters. The van der Waals surface area contributed by atoms with Gasteiger partial charge in [-0.25, -0.2) is 0 Å². The van der Waals surface area contributed by atoms with E-state index in [1.807, 2.05) is 67.5 Å². The predicted octanol–water partition coefficient (Wildman–Crippen LogP) is 4.72. The molecule has 0 radical (unpaired) electrons. The second kappa shape index (κ2) is 9.42. The number of rotatable bonds is 5. The first-order valence-corrected chi connectivity index (χ1v) is 8.26. The lowest BCUT2D eigenvalue weighted by Gasteiger charge is -2.11. The van der Waals surface area contributed by atoms with E-state index in [1.165, 1.54) is 0 Å². The minimum atomic E-state index is -0.0854. The molecule has 0 saturated carbocycles. The molecule has 2 rings (SSSR count). The highest BCUT2D eigenvalue weighted by Gasteiger charge is 2.13. The average molecular weight is 350 g/mol. The van der Waals surface area contributed by atoms with Gasteiger partial charge in [-0.3, -0.25) is 0 Å². The summed E-state index contributed by atoms with van der Waals surface area (Å²) in [5.74, 6) is 0. The first-order chi connectivity index (χ1) is 13.1. The summed E-state index contributed by atoms with van der Waals surface area (Å²) in [6.07, 6.45) is 5.24. The van der Waals surface area contributed by atoms with Crippen LogP contribution in [0.5, 0.6) is 0 Å². The molecular weight excluding hydrogens is 332 g/mol. The fourth-order valence-corrected chi connectivity index (χ4v) is 2.49. The van der Waals surface area contributed by atoms with Gasteiger partial charge in [-0.2, -0.15) is 15.8 Å². The number of anilines is 1. The Balaban J connectivity index is 2.40. The Kier molecular flexibility index (Phi) is 6.72. The van der Waals surface area contributed by atoms with Crippen LogP contribution >= 0.6 is 0 Å². The zero-order valence-corrected chi connectivity index (χ0v) is 15.2. The summed E-state index contributed by atoms with van der Waals surface area (Å²) in [6, 6.07) is 22.9. The smallest absolute Gasteiger partial charge is 0.138 e. The van der Waals surface area contributed by atoms with E-state index >= 15 is 0 Å². The van der Waals surface area contributed by atoms with Crippen LogP contribution in [-0.4, -0.2) is 14.1 Å². The number of benzene rings is 2. The maximum absolute atomic E-state index is 9.58. The summed E-state index contributed by atoms with van der Waals surface area (Å²) in [7, 11) is 3.96. The van der Waals surface area contributed by atoms with Crippen molar-refractivity contribution in [3.63, 3.8) is 0 Å². The second-order valence-electron chi connectivity index (χ2n) is 5.88. The Morgan fingerprint density at radius 2 is 1.48 bits per heavy atom. The molecule has 0 atom stereocenters. The van der Waals surface area contributed by atoms with E-state index in [-0.39, 0.29) is 11.1 Å². The van der Waals surface area contributed by atoms with Crippen LogP contribution in [0.15, 0.2) is 77.9 Å². The van der Waals surface area contributed by atoms with Gasteiger partial charge in [0.1, 0.15) is 17.7 Å². The van der Waals surface area contributed by atoms with Crippen molar-refractivity contribution in [2.45, 2.75) is 0 Å². The van der Waals surface area contributed by atoms with Crippen LogP contribution in [0.2, 0.25) is 0 Å². The summed E-state index contributed by atoms with van der Waals surface area (Å²) >= 11 is 0. The molecule has 27 heavy (non-hydrogen) atoms. The van der Waals surface area contributed by atoms with Gasteiger partial charge >= 0.3 is 0 Å². The van der Waals surface area contributed by atoms with Crippen molar-refractivity contribution < 1.29 is 0 Å².